The van der Waals surface area contributed by atoms with E-state index in [9.17, 15) is 10.1 Å². The zero-order valence-electron chi connectivity index (χ0n) is 26.9. The van der Waals surface area contributed by atoms with Crippen LogP contribution in [-0.2, 0) is 14.9 Å². The molecule has 1 amide bonds. The summed E-state index contributed by atoms with van der Waals surface area (Å²) in [6.07, 6.45) is 13.4. The third-order valence-corrected chi connectivity index (χ3v) is 12.4. The number of piperidine rings is 1. The van der Waals surface area contributed by atoms with Gasteiger partial charge in [-0.05, 0) is 109 Å². The highest BCUT2D eigenvalue weighted by Crippen LogP contribution is 2.55. The molecule has 5 fully saturated rings. The van der Waals surface area contributed by atoms with Gasteiger partial charge in [0, 0.05) is 48.0 Å². The highest BCUT2D eigenvalue weighted by atomic mass is 32.1. The Morgan fingerprint density at radius 3 is 2.53 bits per heavy atom. The summed E-state index contributed by atoms with van der Waals surface area (Å²) in [5.74, 6) is 0.412. The van der Waals surface area contributed by atoms with Gasteiger partial charge in [-0.1, -0.05) is 11.3 Å². The van der Waals surface area contributed by atoms with Crippen LogP contribution in [0.25, 0.3) is 27.5 Å². The van der Waals surface area contributed by atoms with Crippen LogP contribution in [0.5, 0.6) is 0 Å². The fraction of sp³-hybridized carbons (Fsp3) is 0.543. The topological polar surface area (TPSA) is 133 Å². The Balaban J connectivity index is 1.04. The number of nitrogens with zero attached hydrogens (tertiary/aromatic N) is 7. The van der Waals surface area contributed by atoms with Gasteiger partial charge in [0.25, 0.3) is 0 Å². The fourth-order valence-electron chi connectivity index (χ4n) is 8.08. The number of anilines is 1. The first-order chi connectivity index (χ1) is 22.9. The molecule has 2 aliphatic heterocycles. The van der Waals surface area contributed by atoms with Gasteiger partial charge in [0.2, 0.25) is 5.91 Å². The van der Waals surface area contributed by atoms with Crippen molar-refractivity contribution in [2.24, 2.45) is 5.92 Å². The van der Waals surface area contributed by atoms with Gasteiger partial charge in [-0.2, -0.15) is 10.4 Å². The molecule has 0 radical (unpaired) electrons. The first-order valence-electron chi connectivity index (χ1n) is 17.0. The Kier molecular flexibility index (Phi) is 7.94. The van der Waals surface area contributed by atoms with Crippen LogP contribution in [0.3, 0.4) is 0 Å². The highest BCUT2D eigenvalue weighted by molar-refractivity contribution is 7.14. The number of pyridine rings is 1. The molecule has 47 heavy (non-hydrogen) atoms. The molecule has 0 atom stereocenters. The number of ether oxygens (including phenoxy) is 1. The summed E-state index contributed by atoms with van der Waals surface area (Å²) in [6.45, 7) is 3.49. The van der Waals surface area contributed by atoms with Gasteiger partial charge in [0.1, 0.15) is 11.1 Å². The molecule has 2 N–H and O–H groups in total. The van der Waals surface area contributed by atoms with Crippen molar-refractivity contribution < 1.29 is 9.53 Å². The lowest BCUT2D eigenvalue weighted by atomic mass is 9.57. The molecule has 11 nitrogen and oxygen atoms in total. The van der Waals surface area contributed by atoms with Crippen molar-refractivity contribution >= 4 is 28.4 Å². The van der Waals surface area contributed by atoms with Crippen molar-refractivity contribution in [1.29, 1.82) is 5.26 Å². The second-order valence-corrected chi connectivity index (χ2v) is 15.1. The summed E-state index contributed by atoms with van der Waals surface area (Å²) in [5.41, 5.74) is 4.92. The molecule has 6 heterocycles. The first kappa shape index (κ1) is 30.4. The quantitative estimate of drug-likeness (QED) is 0.277. The molecule has 12 heteroatoms. The van der Waals surface area contributed by atoms with Crippen LogP contribution in [-0.4, -0.2) is 80.5 Å². The van der Waals surface area contributed by atoms with E-state index in [0.29, 0.717) is 11.6 Å². The Morgan fingerprint density at radius 1 is 1.02 bits per heavy atom. The summed E-state index contributed by atoms with van der Waals surface area (Å²) >= 11 is 1.70. The smallest absolute Gasteiger partial charge is 0.223 e. The SMILES string of the molecule is CN1CCC(C(=O)NC23CCC(c4nnc(-c5cnc(-c6ccc7cc(C#N)cnn67)cc5NC5CCOCC5)s4)(CC2)CC3)CC1. The Morgan fingerprint density at radius 2 is 1.79 bits per heavy atom. The van der Waals surface area contributed by atoms with Gasteiger partial charge in [0.05, 0.1) is 34.2 Å². The number of rotatable bonds is 7. The van der Waals surface area contributed by atoms with Crippen molar-refractivity contribution in [2.75, 3.05) is 38.7 Å². The lowest BCUT2D eigenvalue weighted by Crippen LogP contribution is -2.59. The van der Waals surface area contributed by atoms with Crippen LogP contribution in [0, 0.1) is 17.2 Å². The Bertz CT molecular complexity index is 1810. The number of carbonyl (C=O) groups is 1. The van der Waals surface area contributed by atoms with E-state index in [2.05, 4.69) is 39.8 Å². The van der Waals surface area contributed by atoms with Crippen molar-refractivity contribution in [3.05, 3.63) is 47.2 Å². The number of nitrogens with one attached hydrogen (secondary N) is 2. The maximum absolute atomic E-state index is 13.2. The van der Waals surface area contributed by atoms with E-state index in [4.69, 9.17) is 19.9 Å². The monoisotopic (exact) mass is 651 g/mol. The molecular formula is C35H41N9O2S. The molecule has 4 aromatic rings. The van der Waals surface area contributed by atoms with Crippen LogP contribution < -0.4 is 10.6 Å². The molecule has 0 aromatic carbocycles. The average Bonchev–Trinajstić information content (AvgIpc) is 3.78. The number of amides is 1. The molecule has 2 bridgehead atoms. The van der Waals surface area contributed by atoms with Crippen LogP contribution in [0.4, 0.5) is 5.69 Å². The van der Waals surface area contributed by atoms with Gasteiger partial charge in [0.15, 0.2) is 5.01 Å². The summed E-state index contributed by atoms with van der Waals surface area (Å²) in [4.78, 5) is 20.5. The largest absolute Gasteiger partial charge is 0.381 e. The molecule has 9 rings (SSSR count). The van der Waals surface area contributed by atoms with Gasteiger partial charge in [-0.15, -0.1) is 10.2 Å². The highest BCUT2D eigenvalue weighted by Gasteiger charge is 2.52. The standard InChI is InChI=1S/C35H41N9O2S/c1-43-14-4-24(5-15-43)31(45)40-35-11-8-34(9-12-35,10-13-35)33-42-41-32(47-33)27-22-37-29(19-28(27)39-25-6-16-46-17-7-25)30-3-2-26-18-23(20-36)21-38-44(26)30/h2-3,18-19,21-22,24-25H,4-17H2,1H3,(H,37,39)(H,40,45). The molecular weight excluding hydrogens is 611 g/mol. The number of hydrogen-bond donors (Lipinski definition) is 2. The van der Waals surface area contributed by atoms with E-state index in [1.54, 1.807) is 17.5 Å². The summed E-state index contributed by atoms with van der Waals surface area (Å²) in [6, 6.07) is 10.3. The average molecular weight is 652 g/mol. The van der Waals surface area contributed by atoms with Crippen molar-refractivity contribution in [2.45, 2.75) is 81.2 Å². The fourth-order valence-corrected chi connectivity index (χ4v) is 9.22. The number of nitriles is 1. The molecule has 3 aliphatic carbocycles. The third-order valence-electron chi connectivity index (χ3n) is 11.2. The zero-order chi connectivity index (χ0) is 32.0. The van der Waals surface area contributed by atoms with Crippen molar-refractivity contribution in [3.8, 4) is 28.0 Å². The van der Waals surface area contributed by atoms with Gasteiger partial charge in [-0.25, -0.2) is 4.52 Å². The number of likely N-dealkylation sites (tertiary alicyclic amines) is 1. The van der Waals surface area contributed by atoms with E-state index < -0.39 is 0 Å². The number of aromatic nitrogens is 5. The van der Waals surface area contributed by atoms with Crippen LogP contribution in [0.15, 0.2) is 36.7 Å². The Labute approximate surface area is 278 Å². The maximum atomic E-state index is 13.2. The molecule has 244 valence electrons. The first-order valence-corrected chi connectivity index (χ1v) is 17.8. The molecule has 0 spiro atoms. The number of hydrogen-bond acceptors (Lipinski definition) is 10. The number of carbonyl (C=O) groups excluding carboxylic acids is 1. The van der Waals surface area contributed by atoms with E-state index >= 15 is 0 Å². The normalized spacial score (nSPS) is 25.5. The van der Waals surface area contributed by atoms with E-state index in [1.807, 2.05) is 28.9 Å². The molecule has 2 saturated heterocycles. The van der Waals surface area contributed by atoms with Crippen molar-refractivity contribution in [3.63, 3.8) is 0 Å². The van der Waals surface area contributed by atoms with Crippen LogP contribution in [0.1, 0.15) is 74.8 Å². The predicted octanol–water partition coefficient (Wildman–Crippen LogP) is 5.18. The summed E-state index contributed by atoms with van der Waals surface area (Å²) in [5, 5.41) is 32.7. The van der Waals surface area contributed by atoms with E-state index in [0.717, 1.165) is 129 Å². The maximum Gasteiger partial charge on any atom is 0.223 e. The van der Waals surface area contributed by atoms with Crippen LogP contribution in [0.2, 0.25) is 0 Å². The summed E-state index contributed by atoms with van der Waals surface area (Å²) < 4.78 is 7.46. The molecule has 0 unspecified atom stereocenters. The molecule has 3 saturated carbocycles. The van der Waals surface area contributed by atoms with Gasteiger partial charge in [-0.3, -0.25) is 9.78 Å². The minimum Gasteiger partial charge on any atom is -0.381 e. The van der Waals surface area contributed by atoms with E-state index in [1.165, 1.54) is 0 Å². The Hall–Kier alpha value is -3.92. The summed E-state index contributed by atoms with van der Waals surface area (Å²) in [7, 11) is 2.14. The minimum atomic E-state index is -0.0652. The third kappa shape index (κ3) is 5.79. The van der Waals surface area contributed by atoms with Gasteiger partial charge >= 0.3 is 0 Å². The van der Waals surface area contributed by atoms with E-state index in [-0.39, 0.29) is 22.8 Å². The lowest BCUT2D eigenvalue weighted by Gasteiger charge is -2.53. The number of fused-ring (bicyclic) bond motifs is 4. The molecule has 5 aliphatic rings. The second-order valence-electron chi connectivity index (χ2n) is 14.1. The molecule has 4 aromatic heterocycles. The van der Waals surface area contributed by atoms with Crippen molar-refractivity contribution in [1.82, 2.24) is 35.0 Å². The zero-order valence-corrected chi connectivity index (χ0v) is 27.7. The van der Waals surface area contributed by atoms with Crippen LogP contribution >= 0.6 is 11.3 Å². The lowest BCUT2D eigenvalue weighted by molar-refractivity contribution is -0.130. The predicted molar refractivity (Wildman–Crippen MR) is 180 cm³/mol. The second kappa shape index (κ2) is 12.3. The minimum absolute atomic E-state index is 0.0242. The van der Waals surface area contributed by atoms with Gasteiger partial charge < -0.3 is 20.3 Å².